The summed E-state index contributed by atoms with van der Waals surface area (Å²) in [5, 5.41) is 9.96. The number of hydrogen-bond acceptors (Lipinski definition) is 5. The number of benzene rings is 2. The Balaban J connectivity index is 1.43. The first kappa shape index (κ1) is 19.2. The molecule has 0 aromatic heterocycles. The van der Waals surface area contributed by atoms with Crippen molar-refractivity contribution in [3.05, 3.63) is 47.8 Å². The molecule has 2 fully saturated rings. The van der Waals surface area contributed by atoms with E-state index < -0.39 is 11.4 Å². The summed E-state index contributed by atoms with van der Waals surface area (Å²) < 4.78 is 14.2. The Bertz CT molecular complexity index is 965. The van der Waals surface area contributed by atoms with Gasteiger partial charge in [0.05, 0.1) is 11.4 Å². The van der Waals surface area contributed by atoms with Gasteiger partial charge >= 0.3 is 0 Å². The van der Waals surface area contributed by atoms with Gasteiger partial charge in [0.1, 0.15) is 11.4 Å². The topological polar surface area (TPSA) is 113 Å². The minimum Gasteiger partial charge on any atom is -0.397 e. The van der Waals surface area contributed by atoms with Crippen LogP contribution in [0.2, 0.25) is 0 Å². The Labute approximate surface area is 167 Å². The van der Waals surface area contributed by atoms with E-state index >= 15 is 0 Å². The lowest BCUT2D eigenvalue weighted by Crippen LogP contribution is -2.53. The van der Waals surface area contributed by atoms with E-state index in [1.807, 2.05) is 0 Å². The predicted octanol–water partition coefficient (Wildman–Crippen LogP) is 1.47. The highest BCUT2D eigenvalue weighted by Gasteiger charge is 2.50. The molecule has 0 spiro atoms. The lowest BCUT2D eigenvalue weighted by Gasteiger charge is -2.35. The lowest BCUT2D eigenvalue weighted by atomic mass is 10.0. The number of amides is 2. The maximum atomic E-state index is 14.2. The van der Waals surface area contributed by atoms with Crippen molar-refractivity contribution in [3.8, 4) is 11.1 Å². The van der Waals surface area contributed by atoms with Gasteiger partial charge < -0.3 is 26.4 Å². The molecule has 1 saturated heterocycles. The first-order valence-corrected chi connectivity index (χ1v) is 9.54. The van der Waals surface area contributed by atoms with Crippen molar-refractivity contribution >= 4 is 23.2 Å². The second-order valence-corrected chi connectivity index (χ2v) is 7.65. The predicted molar refractivity (Wildman–Crippen MR) is 107 cm³/mol. The van der Waals surface area contributed by atoms with Crippen molar-refractivity contribution < 1.29 is 19.1 Å². The molecule has 1 aliphatic carbocycles. The van der Waals surface area contributed by atoms with Crippen molar-refractivity contribution in [1.82, 2.24) is 9.80 Å². The van der Waals surface area contributed by atoms with Gasteiger partial charge in [0.15, 0.2) is 0 Å². The SMILES string of the molecule is Nc1cc(F)c(-c2ccc(C(=O)N3CCN(C(=O)C4(O)CC4)CC3)cc2)cc1N. The van der Waals surface area contributed by atoms with Crippen LogP contribution in [0, 0.1) is 5.82 Å². The van der Waals surface area contributed by atoms with Gasteiger partial charge in [-0.25, -0.2) is 4.39 Å². The number of piperazine rings is 1. The van der Waals surface area contributed by atoms with Crippen LogP contribution in [0.25, 0.3) is 11.1 Å². The fourth-order valence-electron chi connectivity index (χ4n) is 3.54. The highest BCUT2D eigenvalue weighted by Crippen LogP contribution is 2.37. The van der Waals surface area contributed by atoms with Crippen molar-refractivity contribution in [2.24, 2.45) is 0 Å². The number of halogens is 1. The molecule has 0 atom stereocenters. The summed E-state index contributed by atoms with van der Waals surface area (Å²) in [6, 6.07) is 9.30. The Morgan fingerprint density at radius 1 is 0.931 bits per heavy atom. The van der Waals surface area contributed by atoms with Gasteiger partial charge in [-0.2, -0.15) is 0 Å². The fraction of sp³-hybridized carbons (Fsp3) is 0.333. The summed E-state index contributed by atoms with van der Waals surface area (Å²) in [5.41, 5.74) is 12.1. The normalized spacial score (nSPS) is 17.9. The molecule has 2 aliphatic rings. The molecule has 5 N–H and O–H groups in total. The number of anilines is 2. The van der Waals surface area contributed by atoms with Crippen molar-refractivity contribution in [2.75, 3.05) is 37.6 Å². The summed E-state index contributed by atoms with van der Waals surface area (Å²) in [4.78, 5) is 28.3. The third-order valence-electron chi connectivity index (χ3n) is 5.59. The number of carbonyl (C=O) groups excluding carboxylic acids is 2. The Morgan fingerprint density at radius 3 is 2.07 bits per heavy atom. The number of carbonyl (C=O) groups is 2. The zero-order valence-electron chi connectivity index (χ0n) is 15.9. The number of nitrogens with two attached hydrogens (primary N) is 2. The average molecular weight is 398 g/mol. The van der Waals surface area contributed by atoms with E-state index in [1.54, 1.807) is 34.1 Å². The molecule has 4 rings (SSSR count). The first-order valence-electron chi connectivity index (χ1n) is 9.54. The highest BCUT2D eigenvalue weighted by molar-refractivity contribution is 5.95. The van der Waals surface area contributed by atoms with Crippen LogP contribution < -0.4 is 11.5 Å². The average Bonchev–Trinajstić information content (AvgIpc) is 3.48. The quantitative estimate of drug-likeness (QED) is 0.678. The number of rotatable bonds is 3. The molecule has 2 amide bonds. The van der Waals surface area contributed by atoms with Crippen LogP contribution in [0.3, 0.4) is 0 Å². The molecular weight excluding hydrogens is 375 g/mol. The van der Waals surface area contributed by atoms with E-state index in [0.29, 0.717) is 61.4 Å². The standard InChI is InChI=1S/C21H23FN4O3/c22-16-12-18(24)17(23)11-15(16)13-1-3-14(4-2-13)19(27)25-7-9-26(10-8-25)20(28)21(29)5-6-21/h1-4,11-12,29H,5-10,23-24H2. The zero-order valence-corrected chi connectivity index (χ0v) is 15.9. The molecule has 1 saturated carbocycles. The lowest BCUT2D eigenvalue weighted by molar-refractivity contribution is -0.143. The molecule has 0 radical (unpaired) electrons. The van der Waals surface area contributed by atoms with E-state index in [9.17, 15) is 19.1 Å². The number of nitrogen functional groups attached to an aromatic ring is 2. The van der Waals surface area contributed by atoms with Gasteiger partial charge in [-0.05, 0) is 42.7 Å². The molecule has 152 valence electrons. The minimum absolute atomic E-state index is 0.147. The molecule has 29 heavy (non-hydrogen) atoms. The molecule has 7 nitrogen and oxygen atoms in total. The molecule has 2 aromatic rings. The number of aliphatic hydroxyl groups is 1. The minimum atomic E-state index is -1.18. The summed E-state index contributed by atoms with van der Waals surface area (Å²) in [6.07, 6.45) is 1.02. The first-order chi connectivity index (χ1) is 13.8. The highest BCUT2D eigenvalue weighted by atomic mass is 19.1. The fourth-order valence-corrected chi connectivity index (χ4v) is 3.54. The van der Waals surface area contributed by atoms with Crippen LogP contribution in [0.5, 0.6) is 0 Å². The Hall–Kier alpha value is -3.13. The third kappa shape index (κ3) is 3.63. The largest absolute Gasteiger partial charge is 0.397 e. The molecular formula is C21H23FN4O3. The molecule has 1 aliphatic heterocycles. The number of hydrogen-bond donors (Lipinski definition) is 3. The third-order valence-corrected chi connectivity index (χ3v) is 5.59. The van der Waals surface area contributed by atoms with Gasteiger partial charge in [-0.1, -0.05) is 12.1 Å². The van der Waals surface area contributed by atoms with Crippen LogP contribution >= 0.6 is 0 Å². The molecule has 0 unspecified atom stereocenters. The van der Waals surface area contributed by atoms with Crippen LogP contribution in [-0.2, 0) is 4.79 Å². The summed E-state index contributed by atoms with van der Waals surface area (Å²) in [7, 11) is 0. The molecule has 2 aromatic carbocycles. The van der Waals surface area contributed by atoms with E-state index in [2.05, 4.69) is 0 Å². The zero-order chi connectivity index (χ0) is 20.8. The van der Waals surface area contributed by atoms with E-state index in [1.165, 1.54) is 12.1 Å². The van der Waals surface area contributed by atoms with Crippen molar-refractivity contribution in [3.63, 3.8) is 0 Å². The molecule has 1 heterocycles. The van der Waals surface area contributed by atoms with Gasteiger partial charge in [-0.15, -0.1) is 0 Å². The van der Waals surface area contributed by atoms with Gasteiger partial charge in [0, 0.05) is 37.3 Å². The summed E-state index contributed by atoms with van der Waals surface area (Å²) >= 11 is 0. The van der Waals surface area contributed by atoms with Crippen LogP contribution in [-0.4, -0.2) is 58.5 Å². The van der Waals surface area contributed by atoms with Gasteiger partial charge in [-0.3, -0.25) is 9.59 Å². The number of nitrogens with zero attached hydrogens (tertiary/aromatic N) is 2. The van der Waals surface area contributed by atoms with E-state index in [4.69, 9.17) is 11.5 Å². The van der Waals surface area contributed by atoms with E-state index in [-0.39, 0.29) is 17.5 Å². The summed E-state index contributed by atoms with van der Waals surface area (Å²) in [5.74, 6) is -0.862. The van der Waals surface area contributed by atoms with Crippen LogP contribution in [0.1, 0.15) is 23.2 Å². The van der Waals surface area contributed by atoms with E-state index in [0.717, 1.165) is 0 Å². The summed E-state index contributed by atoms with van der Waals surface area (Å²) in [6.45, 7) is 1.62. The van der Waals surface area contributed by atoms with Gasteiger partial charge in [0.25, 0.3) is 11.8 Å². The van der Waals surface area contributed by atoms with Gasteiger partial charge in [0.2, 0.25) is 0 Å². The van der Waals surface area contributed by atoms with Crippen LogP contribution in [0.4, 0.5) is 15.8 Å². The van der Waals surface area contributed by atoms with Crippen molar-refractivity contribution in [2.45, 2.75) is 18.4 Å². The van der Waals surface area contributed by atoms with Crippen molar-refractivity contribution in [1.29, 1.82) is 0 Å². The second kappa shape index (κ2) is 7.04. The second-order valence-electron chi connectivity index (χ2n) is 7.65. The monoisotopic (exact) mass is 398 g/mol. The van der Waals surface area contributed by atoms with Crippen LogP contribution in [0.15, 0.2) is 36.4 Å². The maximum absolute atomic E-state index is 14.2. The molecule has 0 bridgehead atoms. The smallest absolute Gasteiger partial charge is 0.254 e. The Morgan fingerprint density at radius 2 is 1.48 bits per heavy atom. The maximum Gasteiger partial charge on any atom is 0.254 e. The Kier molecular flexibility index (Phi) is 4.66. The molecule has 8 heteroatoms.